The Hall–Kier alpha value is -2.31. The first-order valence-electron chi connectivity index (χ1n) is 6.66. The molecular weight excluding hydrogens is 284 g/mol. The fraction of sp³-hybridized carbons (Fsp3) is 0.176. The van der Waals surface area contributed by atoms with Crippen LogP contribution in [0, 0.1) is 18.3 Å². The zero-order valence-electron chi connectivity index (χ0n) is 11.6. The van der Waals surface area contributed by atoms with Gasteiger partial charge in [0.15, 0.2) is 0 Å². The third kappa shape index (κ3) is 2.51. The predicted molar refractivity (Wildman–Crippen MR) is 80.9 cm³/mol. The average Bonchev–Trinajstić information content (AvgIpc) is 2.77. The number of rotatable bonds is 2. The second-order valence-corrected chi connectivity index (χ2v) is 5.68. The third-order valence-corrected chi connectivity index (χ3v) is 3.89. The van der Waals surface area contributed by atoms with E-state index < -0.39 is 0 Å². The summed E-state index contributed by atoms with van der Waals surface area (Å²) >= 11 is 5.87. The number of fused-ring (bicyclic) bond motifs is 1. The summed E-state index contributed by atoms with van der Waals surface area (Å²) in [5.74, 6) is -0.0727. The number of halogens is 1. The van der Waals surface area contributed by atoms with Crippen molar-refractivity contribution in [3.63, 3.8) is 0 Å². The van der Waals surface area contributed by atoms with Crippen molar-refractivity contribution in [2.75, 3.05) is 0 Å². The van der Waals surface area contributed by atoms with Gasteiger partial charge in [-0.2, -0.15) is 5.26 Å². The number of benzene rings is 2. The van der Waals surface area contributed by atoms with Crippen LogP contribution in [0.4, 0.5) is 0 Å². The molecule has 3 nitrogen and oxygen atoms in total. The number of nitrogens with zero attached hydrogens (tertiary/aromatic N) is 2. The van der Waals surface area contributed by atoms with Gasteiger partial charge in [-0.05, 0) is 41.8 Å². The zero-order valence-corrected chi connectivity index (χ0v) is 12.3. The minimum atomic E-state index is -0.0727. The SMILES string of the molecule is Cc1cc(C#N)c2c(c1)CN(Cc1ccc(Cl)cc1)C2=O. The van der Waals surface area contributed by atoms with Crippen LogP contribution in [0.3, 0.4) is 0 Å². The lowest BCUT2D eigenvalue weighted by Crippen LogP contribution is -2.23. The molecule has 1 aliphatic rings. The van der Waals surface area contributed by atoms with Gasteiger partial charge in [0.1, 0.15) is 0 Å². The molecule has 0 aromatic heterocycles. The highest BCUT2D eigenvalue weighted by atomic mass is 35.5. The van der Waals surface area contributed by atoms with Crippen molar-refractivity contribution in [1.29, 1.82) is 5.26 Å². The molecule has 1 amide bonds. The minimum Gasteiger partial charge on any atom is -0.330 e. The van der Waals surface area contributed by atoms with E-state index in [-0.39, 0.29) is 5.91 Å². The van der Waals surface area contributed by atoms with Crippen LogP contribution in [0.5, 0.6) is 0 Å². The molecule has 2 aromatic rings. The molecule has 1 aliphatic heterocycles. The molecule has 21 heavy (non-hydrogen) atoms. The number of nitriles is 1. The molecule has 3 rings (SSSR count). The summed E-state index contributed by atoms with van der Waals surface area (Å²) in [6.45, 7) is 3.01. The largest absolute Gasteiger partial charge is 0.330 e. The van der Waals surface area contributed by atoms with E-state index in [0.29, 0.717) is 29.2 Å². The molecule has 0 atom stereocenters. The fourth-order valence-corrected chi connectivity index (χ4v) is 2.83. The van der Waals surface area contributed by atoms with Gasteiger partial charge in [-0.25, -0.2) is 0 Å². The second-order valence-electron chi connectivity index (χ2n) is 5.25. The summed E-state index contributed by atoms with van der Waals surface area (Å²) in [5, 5.41) is 9.89. The molecule has 0 radical (unpaired) electrons. The first-order valence-corrected chi connectivity index (χ1v) is 7.03. The average molecular weight is 297 g/mol. The zero-order chi connectivity index (χ0) is 15.0. The minimum absolute atomic E-state index is 0.0727. The van der Waals surface area contributed by atoms with Gasteiger partial charge in [-0.3, -0.25) is 4.79 Å². The van der Waals surface area contributed by atoms with E-state index in [1.807, 2.05) is 37.3 Å². The van der Waals surface area contributed by atoms with Gasteiger partial charge in [-0.1, -0.05) is 29.8 Å². The van der Waals surface area contributed by atoms with Crippen LogP contribution >= 0.6 is 11.6 Å². The molecule has 0 aliphatic carbocycles. The standard InChI is InChI=1S/C17H13ClN2O/c1-11-6-13(8-19)16-14(7-11)10-20(17(16)21)9-12-2-4-15(18)5-3-12/h2-7H,9-10H2,1H3. The number of hydrogen-bond acceptors (Lipinski definition) is 2. The Kier molecular flexibility index (Phi) is 3.40. The number of hydrogen-bond donors (Lipinski definition) is 0. The number of carbonyl (C=O) groups is 1. The molecule has 0 spiro atoms. The van der Waals surface area contributed by atoms with Gasteiger partial charge in [0.25, 0.3) is 5.91 Å². The lowest BCUT2D eigenvalue weighted by atomic mass is 10.0. The van der Waals surface area contributed by atoms with Gasteiger partial charge >= 0.3 is 0 Å². The molecule has 0 saturated heterocycles. The number of carbonyl (C=O) groups excluding carboxylic acids is 1. The van der Waals surface area contributed by atoms with Crippen molar-refractivity contribution >= 4 is 17.5 Å². The van der Waals surface area contributed by atoms with E-state index >= 15 is 0 Å². The van der Waals surface area contributed by atoms with E-state index in [1.54, 1.807) is 11.0 Å². The van der Waals surface area contributed by atoms with E-state index in [1.165, 1.54) is 0 Å². The Labute approximate surface area is 128 Å². The van der Waals surface area contributed by atoms with Crippen molar-refractivity contribution in [3.8, 4) is 6.07 Å². The molecular formula is C17H13ClN2O. The summed E-state index contributed by atoms with van der Waals surface area (Å²) in [6.07, 6.45) is 0. The van der Waals surface area contributed by atoms with Crippen LogP contribution in [0.15, 0.2) is 36.4 Å². The van der Waals surface area contributed by atoms with Crippen molar-refractivity contribution in [2.45, 2.75) is 20.0 Å². The van der Waals surface area contributed by atoms with E-state index in [9.17, 15) is 10.1 Å². The van der Waals surface area contributed by atoms with Gasteiger partial charge in [0.2, 0.25) is 0 Å². The summed E-state index contributed by atoms with van der Waals surface area (Å²) in [6, 6.07) is 13.3. The van der Waals surface area contributed by atoms with Crippen molar-refractivity contribution in [3.05, 3.63) is 69.2 Å². The Bertz CT molecular complexity index is 760. The highest BCUT2D eigenvalue weighted by molar-refractivity contribution is 6.30. The molecule has 104 valence electrons. The van der Waals surface area contributed by atoms with E-state index in [0.717, 1.165) is 16.7 Å². The Morgan fingerprint density at radius 3 is 2.67 bits per heavy atom. The Morgan fingerprint density at radius 2 is 2.00 bits per heavy atom. The van der Waals surface area contributed by atoms with Crippen molar-refractivity contribution < 1.29 is 4.79 Å². The first-order chi connectivity index (χ1) is 10.1. The first kappa shape index (κ1) is 13.7. The maximum absolute atomic E-state index is 12.5. The van der Waals surface area contributed by atoms with Crippen LogP contribution in [0.2, 0.25) is 5.02 Å². The molecule has 0 saturated carbocycles. The summed E-state index contributed by atoms with van der Waals surface area (Å²) in [4.78, 5) is 14.3. The molecule has 2 aromatic carbocycles. The van der Waals surface area contributed by atoms with E-state index in [2.05, 4.69) is 6.07 Å². The van der Waals surface area contributed by atoms with Crippen LogP contribution in [0.25, 0.3) is 0 Å². The quantitative estimate of drug-likeness (QED) is 0.848. The molecule has 0 bridgehead atoms. The number of amides is 1. The van der Waals surface area contributed by atoms with Crippen LogP contribution in [-0.4, -0.2) is 10.8 Å². The molecule has 0 fully saturated rings. The van der Waals surface area contributed by atoms with Gasteiger partial charge < -0.3 is 4.90 Å². The topological polar surface area (TPSA) is 44.1 Å². The molecule has 1 heterocycles. The summed E-state index contributed by atoms with van der Waals surface area (Å²) < 4.78 is 0. The highest BCUT2D eigenvalue weighted by Crippen LogP contribution is 2.28. The lowest BCUT2D eigenvalue weighted by Gasteiger charge is -2.15. The maximum Gasteiger partial charge on any atom is 0.256 e. The predicted octanol–water partition coefficient (Wildman–Crippen LogP) is 3.68. The monoisotopic (exact) mass is 296 g/mol. The van der Waals surface area contributed by atoms with Crippen molar-refractivity contribution in [1.82, 2.24) is 4.90 Å². The van der Waals surface area contributed by atoms with Crippen molar-refractivity contribution in [2.24, 2.45) is 0 Å². The maximum atomic E-state index is 12.5. The number of aryl methyl sites for hydroxylation is 1. The molecule has 0 N–H and O–H groups in total. The van der Waals surface area contributed by atoms with Gasteiger partial charge in [0.05, 0.1) is 17.2 Å². The van der Waals surface area contributed by atoms with Gasteiger partial charge in [0, 0.05) is 18.1 Å². The van der Waals surface area contributed by atoms with E-state index in [4.69, 9.17) is 11.6 Å². The smallest absolute Gasteiger partial charge is 0.256 e. The van der Waals surface area contributed by atoms with Crippen LogP contribution in [-0.2, 0) is 13.1 Å². The summed E-state index contributed by atoms with van der Waals surface area (Å²) in [7, 11) is 0. The second kappa shape index (κ2) is 5.23. The Balaban J connectivity index is 1.90. The normalized spacial score (nSPS) is 13.2. The Morgan fingerprint density at radius 1 is 1.29 bits per heavy atom. The molecule has 0 unspecified atom stereocenters. The van der Waals surface area contributed by atoms with Crippen LogP contribution < -0.4 is 0 Å². The highest BCUT2D eigenvalue weighted by Gasteiger charge is 2.30. The fourth-order valence-electron chi connectivity index (χ4n) is 2.70. The lowest BCUT2D eigenvalue weighted by molar-refractivity contribution is 0.0766. The molecule has 4 heteroatoms. The van der Waals surface area contributed by atoms with Crippen LogP contribution in [0.1, 0.15) is 32.6 Å². The summed E-state index contributed by atoms with van der Waals surface area (Å²) in [5.41, 5.74) is 3.98. The third-order valence-electron chi connectivity index (χ3n) is 3.63. The van der Waals surface area contributed by atoms with Gasteiger partial charge in [-0.15, -0.1) is 0 Å².